The Morgan fingerprint density at radius 2 is 2.19 bits per heavy atom. The van der Waals surface area contributed by atoms with Crippen LogP contribution in [-0.2, 0) is 11.2 Å². The maximum atomic E-state index is 12.2. The number of para-hydroxylation sites is 1. The van der Waals surface area contributed by atoms with Crippen LogP contribution in [0.15, 0.2) is 18.2 Å². The fraction of sp³-hybridized carbons (Fsp3) is 0.600. The molecular formula is C15H20F3NO2. The second-order valence-electron chi connectivity index (χ2n) is 5.07. The molecule has 1 N–H and O–H groups in total. The molecule has 3 nitrogen and oxygen atoms in total. The van der Waals surface area contributed by atoms with Crippen LogP contribution in [0.1, 0.15) is 30.5 Å². The Morgan fingerprint density at radius 1 is 1.38 bits per heavy atom. The first-order valence-corrected chi connectivity index (χ1v) is 7.13. The average Bonchev–Trinajstić information content (AvgIpc) is 2.89. The van der Waals surface area contributed by atoms with Crippen LogP contribution < -0.4 is 10.1 Å². The first kappa shape index (κ1) is 16.1. The van der Waals surface area contributed by atoms with Crippen molar-refractivity contribution >= 4 is 0 Å². The molecule has 0 fully saturated rings. The monoisotopic (exact) mass is 303 g/mol. The summed E-state index contributed by atoms with van der Waals surface area (Å²) in [6, 6.07) is 5.49. The maximum Gasteiger partial charge on any atom is 0.411 e. The number of hydrogen-bond donors (Lipinski definition) is 1. The smallest absolute Gasteiger partial charge is 0.411 e. The van der Waals surface area contributed by atoms with Crippen molar-refractivity contribution in [3.63, 3.8) is 0 Å². The van der Waals surface area contributed by atoms with Crippen LogP contribution in [-0.4, -0.2) is 32.5 Å². The van der Waals surface area contributed by atoms with Crippen LogP contribution in [0, 0.1) is 0 Å². The molecular weight excluding hydrogens is 283 g/mol. The van der Waals surface area contributed by atoms with E-state index in [1.54, 1.807) is 0 Å². The number of halogens is 3. The Kier molecular flexibility index (Phi) is 5.47. The SMILES string of the molecule is CCCNC(COCC(F)(F)F)c1cccc2c1OCC2. The molecule has 0 aromatic heterocycles. The summed E-state index contributed by atoms with van der Waals surface area (Å²) in [5.74, 6) is 0.793. The summed E-state index contributed by atoms with van der Waals surface area (Å²) < 4.78 is 47.1. The maximum absolute atomic E-state index is 12.2. The first-order valence-electron chi connectivity index (χ1n) is 7.13. The van der Waals surface area contributed by atoms with Gasteiger partial charge < -0.3 is 14.8 Å². The third kappa shape index (κ3) is 4.61. The fourth-order valence-electron chi connectivity index (χ4n) is 2.38. The van der Waals surface area contributed by atoms with E-state index >= 15 is 0 Å². The molecule has 0 spiro atoms. The lowest BCUT2D eigenvalue weighted by Crippen LogP contribution is -2.29. The molecule has 0 amide bonds. The van der Waals surface area contributed by atoms with Crippen molar-refractivity contribution in [2.24, 2.45) is 0 Å². The molecule has 1 heterocycles. The van der Waals surface area contributed by atoms with E-state index in [-0.39, 0.29) is 12.6 Å². The highest BCUT2D eigenvalue weighted by Gasteiger charge is 2.29. The summed E-state index contributed by atoms with van der Waals surface area (Å²) in [6.45, 7) is 2.08. The van der Waals surface area contributed by atoms with Crippen LogP contribution in [0.25, 0.3) is 0 Å². The second-order valence-corrected chi connectivity index (χ2v) is 5.07. The molecule has 0 radical (unpaired) electrons. The van der Waals surface area contributed by atoms with Crippen LogP contribution in [0.5, 0.6) is 5.75 Å². The molecule has 1 aromatic carbocycles. The van der Waals surface area contributed by atoms with E-state index < -0.39 is 12.8 Å². The Hall–Kier alpha value is -1.27. The van der Waals surface area contributed by atoms with E-state index in [1.807, 2.05) is 25.1 Å². The van der Waals surface area contributed by atoms with Crippen LogP contribution in [0.4, 0.5) is 13.2 Å². The zero-order valence-electron chi connectivity index (χ0n) is 12.0. The summed E-state index contributed by atoms with van der Waals surface area (Å²) >= 11 is 0. The molecule has 21 heavy (non-hydrogen) atoms. The third-order valence-electron chi connectivity index (χ3n) is 3.31. The average molecular weight is 303 g/mol. The predicted molar refractivity (Wildman–Crippen MR) is 73.5 cm³/mol. The van der Waals surface area contributed by atoms with Gasteiger partial charge in [-0.1, -0.05) is 25.1 Å². The van der Waals surface area contributed by atoms with Gasteiger partial charge in [-0.05, 0) is 18.5 Å². The molecule has 6 heteroatoms. The quantitative estimate of drug-likeness (QED) is 0.839. The molecule has 1 unspecified atom stereocenters. The number of rotatable bonds is 7. The van der Waals surface area contributed by atoms with Gasteiger partial charge in [0.1, 0.15) is 12.4 Å². The topological polar surface area (TPSA) is 30.5 Å². The molecule has 1 aromatic rings. The predicted octanol–water partition coefficient (Wildman–Crippen LogP) is 3.24. The highest BCUT2D eigenvalue weighted by molar-refractivity contribution is 5.45. The molecule has 1 atom stereocenters. The Morgan fingerprint density at radius 3 is 2.90 bits per heavy atom. The lowest BCUT2D eigenvalue weighted by Gasteiger charge is -2.21. The molecule has 1 aliphatic rings. The van der Waals surface area contributed by atoms with Gasteiger partial charge in [0.05, 0.1) is 19.3 Å². The summed E-state index contributed by atoms with van der Waals surface area (Å²) in [5.41, 5.74) is 1.98. The van der Waals surface area contributed by atoms with E-state index in [1.165, 1.54) is 0 Å². The standard InChI is InChI=1S/C15H20F3NO2/c1-2-7-19-13(9-20-10-15(16,17)18)12-5-3-4-11-6-8-21-14(11)12/h3-5,13,19H,2,6-10H2,1H3. The van der Waals surface area contributed by atoms with Crippen molar-refractivity contribution in [2.75, 3.05) is 26.4 Å². The summed E-state index contributed by atoms with van der Waals surface area (Å²) in [6.07, 6.45) is -2.57. The highest BCUT2D eigenvalue weighted by Crippen LogP contribution is 2.33. The van der Waals surface area contributed by atoms with Crippen LogP contribution >= 0.6 is 0 Å². The third-order valence-corrected chi connectivity index (χ3v) is 3.31. The van der Waals surface area contributed by atoms with Crippen molar-refractivity contribution in [1.82, 2.24) is 5.32 Å². The minimum absolute atomic E-state index is 0.0284. The number of nitrogens with one attached hydrogen (secondary N) is 1. The number of fused-ring (bicyclic) bond motifs is 1. The number of alkyl halides is 3. The number of benzene rings is 1. The zero-order valence-corrected chi connectivity index (χ0v) is 12.0. The Bertz CT molecular complexity index is 463. The van der Waals surface area contributed by atoms with Gasteiger partial charge in [0, 0.05) is 12.0 Å². The lowest BCUT2D eigenvalue weighted by molar-refractivity contribution is -0.175. The van der Waals surface area contributed by atoms with Gasteiger partial charge in [-0.25, -0.2) is 0 Å². The van der Waals surface area contributed by atoms with Gasteiger partial charge in [0.2, 0.25) is 0 Å². The van der Waals surface area contributed by atoms with E-state index in [2.05, 4.69) is 5.32 Å². The van der Waals surface area contributed by atoms with Crippen molar-refractivity contribution in [2.45, 2.75) is 32.0 Å². The molecule has 118 valence electrons. The Balaban J connectivity index is 2.07. The molecule has 1 aliphatic heterocycles. The highest BCUT2D eigenvalue weighted by atomic mass is 19.4. The minimum Gasteiger partial charge on any atom is -0.493 e. The van der Waals surface area contributed by atoms with Crippen LogP contribution in [0.2, 0.25) is 0 Å². The van der Waals surface area contributed by atoms with Crippen molar-refractivity contribution in [1.29, 1.82) is 0 Å². The minimum atomic E-state index is -4.30. The number of ether oxygens (including phenoxy) is 2. The summed E-state index contributed by atoms with van der Waals surface area (Å²) in [5, 5.41) is 3.23. The van der Waals surface area contributed by atoms with Crippen molar-refractivity contribution in [3.8, 4) is 5.75 Å². The van der Waals surface area contributed by atoms with Gasteiger partial charge in [0.15, 0.2) is 0 Å². The molecule has 2 rings (SSSR count). The van der Waals surface area contributed by atoms with Crippen molar-refractivity contribution in [3.05, 3.63) is 29.3 Å². The fourth-order valence-corrected chi connectivity index (χ4v) is 2.38. The normalized spacial score (nSPS) is 15.6. The zero-order chi connectivity index (χ0) is 15.3. The van der Waals surface area contributed by atoms with E-state index in [0.717, 1.165) is 29.7 Å². The van der Waals surface area contributed by atoms with Gasteiger partial charge in [-0.2, -0.15) is 13.2 Å². The van der Waals surface area contributed by atoms with Gasteiger partial charge >= 0.3 is 6.18 Å². The first-order chi connectivity index (χ1) is 10.0. The molecule has 0 bridgehead atoms. The summed E-state index contributed by atoms with van der Waals surface area (Å²) in [4.78, 5) is 0. The lowest BCUT2D eigenvalue weighted by atomic mass is 10.0. The Labute approximate surface area is 122 Å². The molecule has 0 saturated heterocycles. The molecule has 0 saturated carbocycles. The van der Waals surface area contributed by atoms with Crippen molar-refractivity contribution < 1.29 is 22.6 Å². The van der Waals surface area contributed by atoms with Gasteiger partial charge in [0.25, 0.3) is 0 Å². The van der Waals surface area contributed by atoms with E-state index in [9.17, 15) is 13.2 Å². The van der Waals surface area contributed by atoms with Crippen LogP contribution in [0.3, 0.4) is 0 Å². The van der Waals surface area contributed by atoms with Gasteiger partial charge in [-0.3, -0.25) is 0 Å². The van der Waals surface area contributed by atoms with Gasteiger partial charge in [-0.15, -0.1) is 0 Å². The number of hydrogen-bond acceptors (Lipinski definition) is 3. The molecule has 0 aliphatic carbocycles. The van der Waals surface area contributed by atoms with E-state index in [4.69, 9.17) is 9.47 Å². The summed E-state index contributed by atoms with van der Waals surface area (Å²) in [7, 11) is 0. The van der Waals surface area contributed by atoms with E-state index in [0.29, 0.717) is 13.2 Å². The largest absolute Gasteiger partial charge is 0.493 e. The second kappa shape index (κ2) is 7.13.